The van der Waals surface area contributed by atoms with Crippen molar-refractivity contribution in [1.82, 2.24) is 14.7 Å². The first kappa shape index (κ1) is 17.3. The first-order valence-corrected chi connectivity index (χ1v) is 9.26. The fourth-order valence-electron chi connectivity index (χ4n) is 3.66. The van der Waals surface area contributed by atoms with Gasteiger partial charge in [-0.2, -0.15) is 5.10 Å². The molecule has 0 bridgehead atoms. The molecule has 4 nitrogen and oxygen atoms in total. The molecule has 0 saturated carbocycles. The van der Waals surface area contributed by atoms with Crippen molar-refractivity contribution in [2.24, 2.45) is 0 Å². The second-order valence-corrected chi connectivity index (χ2v) is 7.17. The number of rotatable bonds is 4. The van der Waals surface area contributed by atoms with Crippen LogP contribution in [0.1, 0.15) is 22.4 Å². The Morgan fingerprint density at radius 1 is 1.08 bits per heavy atom. The number of hydrogen-bond acceptors (Lipinski definition) is 3. The predicted molar refractivity (Wildman–Crippen MR) is 104 cm³/mol. The summed E-state index contributed by atoms with van der Waals surface area (Å²) in [5.74, 6) is 0. The smallest absolute Gasteiger partial charge is 0.137 e. The molecule has 134 valence electrons. The number of aryl methyl sites for hydroxylation is 1. The van der Waals surface area contributed by atoms with E-state index in [0.29, 0.717) is 11.7 Å². The first-order valence-electron chi connectivity index (χ1n) is 8.88. The highest BCUT2D eigenvalue weighted by Crippen LogP contribution is 2.29. The van der Waals surface area contributed by atoms with Crippen LogP contribution >= 0.6 is 11.6 Å². The van der Waals surface area contributed by atoms with Gasteiger partial charge in [0, 0.05) is 24.7 Å². The van der Waals surface area contributed by atoms with Gasteiger partial charge >= 0.3 is 0 Å². The second kappa shape index (κ2) is 7.23. The van der Waals surface area contributed by atoms with Gasteiger partial charge in [-0.1, -0.05) is 54.1 Å². The fourth-order valence-corrected chi connectivity index (χ4v) is 3.99. The number of halogens is 1. The van der Waals surface area contributed by atoms with Gasteiger partial charge < -0.3 is 5.11 Å². The lowest BCUT2D eigenvalue weighted by atomic mass is 9.94. The Bertz CT molecular complexity index is 907. The molecule has 1 aromatic heterocycles. The highest BCUT2D eigenvalue weighted by atomic mass is 35.5. The van der Waals surface area contributed by atoms with Crippen molar-refractivity contribution in [1.29, 1.82) is 0 Å². The molecular formula is C21H22ClN3O. The van der Waals surface area contributed by atoms with Gasteiger partial charge in [-0.15, -0.1) is 0 Å². The summed E-state index contributed by atoms with van der Waals surface area (Å²) in [5.41, 5.74) is 5.55. The third-order valence-electron chi connectivity index (χ3n) is 5.16. The highest BCUT2D eigenvalue weighted by Gasteiger charge is 2.27. The van der Waals surface area contributed by atoms with Gasteiger partial charge in [-0.3, -0.25) is 4.90 Å². The molecule has 26 heavy (non-hydrogen) atoms. The summed E-state index contributed by atoms with van der Waals surface area (Å²) in [6.07, 6.45) is 0.857. The average molecular weight is 368 g/mol. The molecule has 2 heterocycles. The van der Waals surface area contributed by atoms with E-state index in [1.54, 1.807) is 4.68 Å². The standard InChI is InChI=1S/C21H22ClN3O/c1-15-20(21(22)25(23-15)18-9-3-2-4-10-18)13-24-12-17-8-6-5-7-16(17)11-19(24)14-26/h2-10,19,26H,11-14H2,1H3/t19-/m1/s1. The molecule has 0 unspecified atom stereocenters. The molecule has 0 spiro atoms. The van der Waals surface area contributed by atoms with E-state index in [9.17, 15) is 5.11 Å². The van der Waals surface area contributed by atoms with Gasteiger partial charge in [0.05, 0.1) is 18.0 Å². The minimum Gasteiger partial charge on any atom is -0.395 e. The molecule has 1 atom stereocenters. The SMILES string of the molecule is Cc1nn(-c2ccccc2)c(Cl)c1CN1Cc2ccccc2C[C@@H]1CO. The van der Waals surface area contributed by atoms with E-state index in [1.165, 1.54) is 11.1 Å². The van der Waals surface area contributed by atoms with Gasteiger partial charge in [-0.05, 0) is 36.6 Å². The Hall–Kier alpha value is -2.14. The number of aromatic nitrogens is 2. The zero-order chi connectivity index (χ0) is 18.1. The summed E-state index contributed by atoms with van der Waals surface area (Å²) in [5, 5.41) is 15.2. The van der Waals surface area contributed by atoms with E-state index in [0.717, 1.165) is 29.9 Å². The van der Waals surface area contributed by atoms with Crippen molar-refractivity contribution >= 4 is 11.6 Å². The zero-order valence-electron chi connectivity index (χ0n) is 14.8. The van der Waals surface area contributed by atoms with Crippen LogP contribution in [-0.4, -0.2) is 32.4 Å². The lowest BCUT2D eigenvalue weighted by Crippen LogP contribution is -2.42. The summed E-state index contributed by atoms with van der Waals surface area (Å²) >= 11 is 6.69. The van der Waals surface area contributed by atoms with Crippen LogP contribution in [-0.2, 0) is 19.5 Å². The maximum absolute atomic E-state index is 9.89. The third-order valence-corrected chi connectivity index (χ3v) is 5.55. The minimum atomic E-state index is 0.0976. The normalized spacial score (nSPS) is 17.3. The third kappa shape index (κ3) is 3.16. The van der Waals surface area contributed by atoms with E-state index >= 15 is 0 Å². The van der Waals surface area contributed by atoms with Crippen LogP contribution in [0.15, 0.2) is 54.6 Å². The predicted octanol–water partition coefficient (Wildman–Crippen LogP) is 3.75. The van der Waals surface area contributed by atoms with Gasteiger partial charge in [0.15, 0.2) is 0 Å². The monoisotopic (exact) mass is 367 g/mol. The van der Waals surface area contributed by atoms with Crippen molar-refractivity contribution in [3.63, 3.8) is 0 Å². The summed E-state index contributed by atoms with van der Waals surface area (Å²) in [6.45, 7) is 3.62. The van der Waals surface area contributed by atoms with Crippen LogP contribution in [0, 0.1) is 6.92 Å². The first-order chi connectivity index (χ1) is 12.7. The van der Waals surface area contributed by atoms with Crippen LogP contribution in [0.3, 0.4) is 0 Å². The molecule has 1 N–H and O–H groups in total. The van der Waals surface area contributed by atoms with Crippen molar-refractivity contribution in [3.8, 4) is 5.69 Å². The number of aliphatic hydroxyl groups is 1. The Kier molecular flexibility index (Phi) is 4.81. The van der Waals surface area contributed by atoms with Crippen molar-refractivity contribution in [2.45, 2.75) is 32.5 Å². The molecule has 0 fully saturated rings. The molecule has 2 aromatic carbocycles. The molecular weight excluding hydrogens is 346 g/mol. The molecule has 4 rings (SSSR count). The van der Waals surface area contributed by atoms with Crippen LogP contribution in [0.2, 0.25) is 5.15 Å². The minimum absolute atomic E-state index is 0.0976. The number of aliphatic hydroxyl groups excluding tert-OH is 1. The molecule has 0 radical (unpaired) electrons. The van der Waals surface area contributed by atoms with Gasteiger partial charge in [0.1, 0.15) is 5.15 Å². The maximum Gasteiger partial charge on any atom is 0.137 e. The van der Waals surface area contributed by atoms with Gasteiger partial charge in [-0.25, -0.2) is 4.68 Å². The Morgan fingerprint density at radius 3 is 2.50 bits per heavy atom. The lowest BCUT2D eigenvalue weighted by Gasteiger charge is -2.36. The number of nitrogens with zero attached hydrogens (tertiary/aromatic N) is 3. The van der Waals surface area contributed by atoms with E-state index in [2.05, 4.69) is 34.3 Å². The molecule has 5 heteroatoms. The average Bonchev–Trinajstić information content (AvgIpc) is 2.96. The van der Waals surface area contributed by atoms with Crippen LogP contribution in [0.5, 0.6) is 0 Å². The quantitative estimate of drug-likeness (QED) is 0.763. The Balaban J connectivity index is 1.64. The molecule has 0 amide bonds. The van der Waals surface area contributed by atoms with E-state index in [-0.39, 0.29) is 12.6 Å². The van der Waals surface area contributed by atoms with Crippen molar-refractivity contribution < 1.29 is 5.11 Å². The molecule has 1 aliphatic heterocycles. The summed E-state index contributed by atoms with van der Waals surface area (Å²) in [4.78, 5) is 2.30. The number of fused-ring (bicyclic) bond motifs is 1. The molecule has 1 aliphatic rings. The largest absolute Gasteiger partial charge is 0.395 e. The van der Waals surface area contributed by atoms with Crippen LogP contribution < -0.4 is 0 Å². The Morgan fingerprint density at radius 2 is 1.77 bits per heavy atom. The molecule has 3 aromatic rings. The number of hydrogen-bond donors (Lipinski definition) is 1. The maximum atomic E-state index is 9.89. The zero-order valence-corrected chi connectivity index (χ0v) is 15.5. The number of benzene rings is 2. The molecule has 0 saturated heterocycles. The van der Waals surface area contributed by atoms with Gasteiger partial charge in [0.25, 0.3) is 0 Å². The van der Waals surface area contributed by atoms with Gasteiger partial charge in [0.2, 0.25) is 0 Å². The van der Waals surface area contributed by atoms with Crippen molar-refractivity contribution in [2.75, 3.05) is 6.61 Å². The molecule has 0 aliphatic carbocycles. The van der Waals surface area contributed by atoms with Crippen LogP contribution in [0.25, 0.3) is 5.69 Å². The summed E-state index contributed by atoms with van der Waals surface area (Å²) < 4.78 is 1.79. The summed E-state index contributed by atoms with van der Waals surface area (Å²) in [7, 11) is 0. The van der Waals surface area contributed by atoms with E-state index < -0.39 is 0 Å². The highest BCUT2D eigenvalue weighted by molar-refractivity contribution is 6.30. The fraction of sp³-hybridized carbons (Fsp3) is 0.286. The van der Waals surface area contributed by atoms with E-state index in [1.807, 2.05) is 37.3 Å². The topological polar surface area (TPSA) is 41.3 Å². The Labute approximate surface area is 158 Å². The summed E-state index contributed by atoms with van der Waals surface area (Å²) in [6, 6.07) is 18.5. The van der Waals surface area contributed by atoms with E-state index in [4.69, 9.17) is 11.6 Å². The lowest BCUT2D eigenvalue weighted by molar-refractivity contribution is 0.0995. The number of para-hydroxylation sites is 1. The second-order valence-electron chi connectivity index (χ2n) is 6.82. The van der Waals surface area contributed by atoms with Crippen molar-refractivity contribution in [3.05, 3.63) is 82.1 Å². The van der Waals surface area contributed by atoms with Crippen LogP contribution in [0.4, 0.5) is 0 Å².